The largest absolute Gasteiger partial charge is 0.434 e. The maximum absolute atomic E-state index is 15.6. The fourth-order valence-electron chi connectivity index (χ4n) is 5.09. The lowest BCUT2D eigenvalue weighted by Crippen LogP contribution is -2.36. The lowest BCUT2D eigenvalue weighted by atomic mass is 9.91. The molecule has 42 heavy (non-hydrogen) atoms. The van der Waals surface area contributed by atoms with E-state index in [9.17, 15) is 26.0 Å². The van der Waals surface area contributed by atoms with Crippen LogP contribution in [0.1, 0.15) is 31.4 Å². The number of pyridine rings is 1. The molecule has 1 fully saturated rings. The van der Waals surface area contributed by atoms with Gasteiger partial charge in [-0.25, -0.2) is 27.2 Å². The number of hydrogen-bond donors (Lipinski definition) is 2. The quantitative estimate of drug-likeness (QED) is 0.246. The van der Waals surface area contributed by atoms with Crippen molar-refractivity contribution in [2.24, 2.45) is 0 Å². The zero-order valence-electron chi connectivity index (χ0n) is 22.6. The molecule has 0 bridgehead atoms. The molecule has 0 atom stereocenters. The van der Waals surface area contributed by atoms with E-state index in [0.717, 1.165) is 50.1 Å². The number of rotatable bonds is 7. The second-order valence-corrected chi connectivity index (χ2v) is 12.0. The molecule has 2 aromatic carbocycles. The fourth-order valence-corrected chi connectivity index (χ4v) is 6.33. The normalized spacial score (nSPS) is 17.9. The highest BCUT2D eigenvalue weighted by Gasteiger charge is 2.39. The number of aromatic nitrogens is 3. The second kappa shape index (κ2) is 11.4. The van der Waals surface area contributed by atoms with Gasteiger partial charge in [0.15, 0.2) is 11.5 Å². The Morgan fingerprint density at radius 2 is 1.71 bits per heavy atom. The number of hydrogen-bond acceptors (Lipinski definition) is 7. The Labute approximate surface area is 239 Å². The number of alkyl halides is 3. The molecule has 0 radical (unpaired) electrons. The molecular weight excluding hydrogens is 579 g/mol. The molecule has 222 valence electrons. The van der Waals surface area contributed by atoms with Gasteiger partial charge in [-0.1, -0.05) is 6.07 Å². The maximum Gasteiger partial charge on any atom is 0.434 e. The first kappa shape index (κ1) is 29.6. The SMILES string of the molecule is CN(C)C1CCC(Nc2ncc3cc(-c4c(F)ccc(NS(=O)(=O)c5cccnc5C(F)(F)F)c4F)ccc3n2)CC1. The Balaban J connectivity index is 1.40. The monoisotopic (exact) mass is 606 g/mol. The average molecular weight is 607 g/mol. The molecule has 1 aliphatic rings. The van der Waals surface area contributed by atoms with E-state index >= 15 is 4.39 Å². The number of nitrogens with one attached hydrogen (secondary N) is 2. The van der Waals surface area contributed by atoms with Crippen molar-refractivity contribution in [1.29, 1.82) is 0 Å². The molecule has 1 saturated carbocycles. The molecule has 5 rings (SSSR count). The third-order valence-corrected chi connectivity index (χ3v) is 8.69. The highest BCUT2D eigenvalue weighted by molar-refractivity contribution is 7.92. The smallest absolute Gasteiger partial charge is 0.351 e. The summed E-state index contributed by atoms with van der Waals surface area (Å²) in [7, 11) is -0.804. The number of sulfonamides is 1. The summed E-state index contributed by atoms with van der Waals surface area (Å²) < 4.78 is 97.9. The molecule has 8 nitrogen and oxygen atoms in total. The van der Waals surface area contributed by atoms with Crippen molar-refractivity contribution in [2.75, 3.05) is 24.1 Å². The van der Waals surface area contributed by atoms with Crippen molar-refractivity contribution in [3.63, 3.8) is 0 Å². The predicted octanol–water partition coefficient (Wildman–Crippen LogP) is 6.07. The summed E-state index contributed by atoms with van der Waals surface area (Å²) in [5, 5.41) is 3.83. The van der Waals surface area contributed by atoms with Crippen LogP contribution in [0.4, 0.5) is 33.6 Å². The van der Waals surface area contributed by atoms with Crippen molar-refractivity contribution in [2.45, 2.75) is 48.8 Å². The predicted molar refractivity (Wildman–Crippen MR) is 148 cm³/mol. The third-order valence-electron chi connectivity index (χ3n) is 7.29. The number of benzene rings is 2. The number of nitrogens with zero attached hydrogens (tertiary/aromatic N) is 4. The topological polar surface area (TPSA) is 100 Å². The number of fused-ring (bicyclic) bond motifs is 1. The molecule has 1 aliphatic carbocycles. The summed E-state index contributed by atoms with van der Waals surface area (Å²) in [5.74, 6) is -1.87. The standard InChI is InChI=1S/C28H27F5N6O2S/c1-39(2)19-8-6-18(7-9-19)36-27-35-15-17-14-16(5-11-21(17)37-27)24-20(29)10-12-22(25(24)30)38-42(40,41)23-4-3-13-34-26(23)28(31,32)33/h3-5,10-15,18-19,38H,6-9H2,1-2H3,(H,35,36,37). The number of halogens is 5. The molecule has 0 unspecified atom stereocenters. The Bertz CT molecular complexity index is 1720. The van der Waals surface area contributed by atoms with Gasteiger partial charge in [-0.15, -0.1) is 0 Å². The lowest BCUT2D eigenvalue weighted by Gasteiger charge is -2.32. The van der Waals surface area contributed by atoms with E-state index in [1.54, 1.807) is 10.8 Å². The van der Waals surface area contributed by atoms with Gasteiger partial charge in [0.1, 0.15) is 10.7 Å². The van der Waals surface area contributed by atoms with Crippen LogP contribution in [0.25, 0.3) is 22.0 Å². The van der Waals surface area contributed by atoms with E-state index in [0.29, 0.717) is 29.0 Å². The van der Waals surface area contributed by atoms with E-state index in [4.69, 9.17) is 0 Å². The van der Waals surface area contributed by atoms with Crippen LogP contribution in [0.3, 0.4) is 0 Å². The Kier molecular flexibility index (Phi) is 8.03. The molecule has 0 aliphatic heterocycles. The van der Waals surface area contributed by atoms with Crippen LogP contribution in [0, 0.1) is 11.6 Å². The summed E-state index contributed by atoms with van der Waals surface area (Å²) in [5.41, 5.74) is -2.39. The van der Waals surface area contributed by atoms with E-state index in [2.05, 4.69) is 39.3 Å². The first-order valence-electron chi connectivity index (χ1n) is 13.1. The van der Waals surface area contributed by atoms with Crippen LogP contribution in [0.15, 0.2) is 59.8 Å². The van der Waals surface area contributed by atoms with Crippen LogP contribution in [0.5, 0.6) is 0 Å². The first-order valence-corrected chi connectivity index (χ1v) is 14.5. The van der Waals surface area contributed by atoms with Crippen molar-refractivity contribution in [3.05, 3.63) is 72.2 Å². The van der Waals surface area contributed by atoms with Crippen molar-refractivity contribution < 1.29 is 30.4 Å². The molecule has 14 heteroatoms. The van der Waals surface area contributed by atoms with Crippen LogP contribution in [0.2, 0.25) is 0 Å². The molecule has 0 amide bonds. The van der Waals surface area contributed by atoms with Crippen molar-refractivity contribution in [3.8, 4) is 11.1 Å². The van der Waals surface area contributed by atoms with Crippen LogP contribution < -0.4 is 10.0 Å². The number of anilines is 2. The van der Waals surface area contributed by atoms with E-state index in [-0.39, 0.29) is 11.6 Å². The summed E-state index contributed by atoms with van der Waals surface area (Å²) in [6, 6.07) is 8.51. The molecule has 2 N–H and O–H groups in total. The van der Waals surface area contributed by atoms with E-state index in [1.807, 2.05) is 0 Å². The van der Waals surface area contributed by atoms with Crippen molar-refractivity contribution in [1.82, 2.24) is 19.9 Å². The van der Waals surface area contributed by atoms with Crippen LogP contribution >= 0.6 is 0 Å². The van der Waals surface area contributed by atoms with Gasteiger partial charge in [-0.2, -0.15) is 13.2 Å². The Morgan fingerprint density at radius 1 is 0.976 bits per heavy atom. The Hall–Kier alpha value is -3.91. The minimum Gasteiger partial charge on any atom is -0.351 e. The molecule has 0 saturated heterocycles. The van der Waals surface area contributed by atoms with E-state index in [1.165, 1.54) is 18.3 Å². The van der Waals surface area contributed by atoms with Gasteiger partial charge in [0.05, 0.1) is 16.8 Å². The zero-order valence-corrected chi connectivity index (χ0v) is 23.4. The van der Waals surface area contributed by atoms with Gasteiger partial charge in [0, 0.05) is 29.9 Å². The van der Waals surface area contributed by atoms with Crippen molar-refractivity contribution >= 4 is 32.6 Å². The molecule has 2 aromatic heterocycles. The minimum atomic E-state index is -5.08. The van der Waals surface area contributed by atoms with E-state index < -0.39 is 49.7 Å². The van der Waals surface area contributed by atoms with Gasteiger partial charge in [-0.05, 0) is 81.7 Å². The van der Waals surface area contributed by atoms with Gasteiger partial charge in [-0.3, -0.25) is 9.71 Å². The van der Waals surface area contributed by atoms with Gasteiger partial charge >= 0.3 is 6.18 Å². The van der Waals surface area contributed by atoms with Gasteiger partial charge < -0.3 is 10.2 Å². The maximum atomic E-state index is 15.6. The molecule has 0 spiro atoms. The van der Waals surface area contributed by atoms with Crippen LogP contribution in [-0.2, 0) is 16.2 Å². The minimum absolute atomic E-state index is 0.0576. The second-order valence-electron chi connectivity index (χ2n) is 10.3. The summed E-state index contributed by atoms with van der Waals surface area (Å²) >= 11 is 0. The summed E-state index contributed by atoms with van der Waals surface area (Å²) in [4.78, 5) is 13.0. The Morgan fingerprint density at radius 3 is 2.40 bits per heavy atom. The van der Waals surface area contributed by atoms with Gasteiger partial charge in [0.25, 0.3) is 10.0 Å². The summed E-state index contributed by atoms with van der Waals surface area (Å²) in [6.45, 7) is 0. The zero-order chi connectivity index (χ0) is 30.2. The molecular formula is C28H27F5N6O2S. The first-order chi connectivity index (χ1) is 19.8. The highest BCUT2D eigenvalue weighted by Crippen LogP contribution is 2.36. The summed E-state index contributed by atoms with van der Waals surface area (Å²) in [6.07, 6.45) is 1.28. The molecule has 2 heterocycles. The average Bonchev–Trinajstić information content (AvgIpc) is 2.94. The highest BCUT2D eigenvalue weighted by atomic mass is 32.2. The van der Waals surface area contributed by atoms with Crippen LogP contribution in [-0.4, -0.2) is 54.4 Å². The molecule has 4 aromatic rings. The fraction of sp³-hybridized carbons (Fsp3) is 0.321. The lowest BCUT2D eigenvalue weighted by molar-refractivity contribution is -0.143. The van der Waals surface area contributed by atoms with Gasteiger partial charge in [0.2, 0.25) is 5.95 Å². The third kappa shape index (κ3) is 6.14.